The molecule has 0 bridgehead atoms. The fourth-order valence-corrected chi connectivity index (χ4v) is 3.66. The molecule has 0 aliphatic carbocycles. The van der Waals surface area contributed by atoms with Crippen LogP contribution in [0.4, 0.5) is 0 Å². The lowest BCUT2D eigenvalue weighted by atomic mass is 10.1. The van der Waals surface area contributed by atoms with Gasteiger partial charge in [0.15, 0.2) is 6.61 Å². The lowest BCUT2D eigenvalue weighted by Gasteiger charge is -2.31. The van der Waals surface area contributed by atoms with E-state index in [1.807, 2.05) is 77.1 Å². The molecule has 0 heterocycles. The van der Waals surface area contributed by atoms with Crippen LogP contribution in [0.1, 0.15) is 50.3 Å². The summed E-state index contributed by atoms with van der Waals surface area (Å²) < 4.78 is 5.81. The molecular formula is C26H35ClN2O3. The Morgan fingerprint density at radius 2 is 1.69 bits per heavy atom. The Kier molecular flexibility index (Phi) is 10.0. The van der Waals surface area contributed by atoms with Gasteiger partial charge in [0, 0.05) is 17.6 Å². The van der Waals surface area contributed by atoms with Crippen LogP contribution >= 0.6 is 11.6 Å². The van der Waals surface area contributed by atoms with Gasteiger partial charge in [-0.2, -0.15) is 0 Å². The van der Waals surface area contributed by atoms with Crippen LogP contribution in [0.15, 0.2) is 42.5 Å². The minimum Gasteiger partial charge on any atom is -0.484 e. The van der Waals surface area contributed by atoms with E-state index in [0.717, 1.165) is 23.1 Å². The van der Waals surface area contributed by atoms with Crippen molar-refractivity contribution < 1.29 is 14.3 Å². The van der Waals surface area contributed by atoms with Crippen LogP contribution in [-0.4, -0.2) is 41.9 Å². The van der Waals surface area contributed by atoms with E-state index < -0.39 is 6.04 Å². The van der Waals surface area contributed by atoms with Gasteiger partial charge in [-0.05, 0) is 68.9 Å². The zero-order chi connectivity index (χ0) is 23.7. The van der Waals surface area contributed by atoms with Gasteiger partial charge in [-0.3, -0.25) is 9.59 Å². The molecular weight excluding hydrogens is 424 g/mol. The van der Waals surface area contributed by atoms with E-state index in [9.17, 15) is 9.59 Å². The second kappa shape index (κ2) is 12.5. The predicted molar refractivity (Wildman–Crippen MR) is 130 cm³/mol. The number of amides is 2. The molecule has 2 rings (SSSR count). The van der Waals surface area contributed by atoms with E-state index in [2.05, 4.69) is 5.32 Å². The number of aryl methyl sites for hydroxylation is 2. The molecule has 5 nitrogen and oxygen atoms in total. The number of hydrogen-bond acceptors (Lipinski definition) is 3. The number of rotatable bonds is 11. The van der Waals surface area contributed by atoms with E-state index in [0.29, 0.717) is 30.2 Å². The van der Waals surface area contributed by atoms with Gasteiger partial charge >= 0.3 is 0 Å². The summed E-state index contributed by atoms with van der Waals surface area (Å²) in [5.74, 6) is 0.261. The second-order valence-corrected chi connectivity index (χ2v) is 8.60. The van der Waals surface area contributed by atoms with Crippen LogP contribution in [0.25, 0.3) is 0 Å². The lowest BCUT2D eigenvalue weighted by molar-refractivity contribution is -0.142. The first-order valence-electron chi connectivity index (χ1n) is 11.3. The van der Waals surface area contributed by atoms with Crippen LogP contribution in [0.2, 0.25) is 5.02 Å². The fourth-order valence-electron chi connectivity index (χ4n) is 3.55. The van der Waals surface area contributed by atoms with Crippen LogP contribution in [0.3, 0.4) is 0 Å². The average Bonchev–Trinajstić information content (AvgIpc) is 2.78. The maximum atomic E-state index is 13.2. The molecule has 0 aromatic heterocycles. The molecule has 0 unspecified atom stereocenters. The third kappa shape index (κ3) is 7.27. The SMILES string of the molecule is CC[C@H](C(=O)N[C@@H](C)CC)N(CCc1ccccc1)C(=O)COc1cc(C)c(Cl)c(C)c1. The number of nitrogens with one attached hydrogen (secondary N) is 1. The molecule has 2 atom stereocenters. The Balaban J connectivity index is 2.17. The molecule has 2 aromatic carbocycles. The van der Waals surface area contributed by atoms with Gasteiger partial charge in [-0.25, -0.2) is 0 Å². The maximum Gasteiger partial charge on any atom is 0.261 e. The van der Waals surface area contributed by atoms with Gasteiger partial charge in [0.2, 0.25) is 5.91 Å². The van der Waals surface area contributed by atoms with Gasteiger partial charge in [0.1, 0.15) is 11.8 Å². The first kappa shape index (κ1) is 25.7. The molecule has 0 spiro atoms. The highest BCUT2D eigenvalue weighted by molar-refractivity contribution is 6.32. The first-order chi connectivity index (χ1) is 15.3. The minimum atomic E-state index is -0.544. The van der Waals surface area contributed by atoms with Gasteiger partial charge in [-0.1, -0.05) is 55.8 Å². The maximum absolute atomic E-state index is 13.2. The van der Waals surface area contributed by atoms with Crippen LogP contribution in [0.5, 0.6) is 5.75 Å². The van der Waals surface area contributed by atoms with Gasteiger partial charge in [-0.15, -0.1) is 0 Å². The van der Waals surface area contributed by atoms with Crippen molar-refractivity contribution in [3.63, 3.8) is 0 Å². The van der Waals surface area contributed by atoms with Crippen molar-refractivity contribution >= 4 is 23.4 Å². The third-order valence-electron chi connectivity index (χ3n) is 5.64. The molecule has 0 saturated carbocycles. The van der Waals surface area contributed by atoms with Crippen molar-refractivity contribution in [2.75, 3.05) is 13.2 Å². The molecule has 0 saturated heterocycles. The quantitative estimate of drug-likeness (QED) is 0.509. The Morgan fingerprint density at radius 1 is 1.06 bits per heavy atom. The molecule has 0 aliphatic heterocycles. The molecule has 0 aliphatic rings. The van der Waals surface area contributed by atoms with Crippen molar-refractivity contribution in [1.29, 1.82) is 0 Å². The topological polar surface area (TPSA) is 58.6 Å². The standard InChI is InChI=1S/C26H35ClN2O3/c1-6-20(5)28-26(31)23(7-2)29(14-13-21-11-9-8-10-12-21)24(30)17-32-22-15-18(3)25(27)19(4)16-22/h8-12,15-16,20,23H,6-7,13-14,17H2,1-5H3,(H,28,31)/t20-,23+/m0/s1. The smallest absolute Gasteiger partial charge is 0.261 e. The number of carbonyl (C=O) groups is 2. The van der Waals surface area contributed by atoms with Gasteiger partial charge in [0.05, 0.1) is 0 Å². The molecule has 2 amide bonds. The molecule has 2 aromatic rings. The number of benzene rings is 2. The third-order valence-corrected chi connectivity index (χ3v) is 6.24. The van der Waals surface area contributed by atoms with Gasteiger partial charge < -0.3 is 15.0 Å². The highest BCUT2D eigenvalue weighted by atomic mass is 35.5. The Bertz CT molecular complexity index is 878. The summed E-state index contributed by atoms with van der Waals surface area (Å²) in [5, 5.41) is 3.72. The van der Waals surface area contributed by atoms with Crippen molar-refractivity contribution in [1.82, 2.24) is 10.2 Å². The van der Waals surface area contributed by atoms with Crippen molar-refractivity contribution in [3.05, 3.63) is 64.2 Å². The van der Waals surface area contributed by atoms with Crippen LogP contribution in [-0.2, 0) is 16.0 Å². The lowest BCUT2D eigenvalue weighted by Crippen LogP contribution is -2.52. The molecule has 1 N–H and O–H groups in total. The molecule has 174 valence electrons. The molecule has 32 heavy (non-hydrogen) atoms. The summed E-state index contributed by atoms with van der Waals surface area (Å²) in [5.41, 5.74) is 2.91. The Morgan fingerprint density at radius 3 is 2.25 bits per heavy atom. The van der Waals surface area contributed by atoms with E-state index in [-0.39, 0.29) is 24.5 Å². The summed E-state index contributed by atoms with van der Waals surface area (Å²) in [7, 11) is 0. The summed E-state index contributed by atoms with van der Waals surface area (Å²) >= 11 is 6.24. The number of ether oxygens (including phenoxy) is 1. The van der Waals surface area contributed by atoms with E-state index in [1.54, 1.807) is 4.90 Å². The minimum absolute atomic E-state index is 0.0545. The second-order valence-electron chi connectivity index (χ2n) is 8.22. The zero-order valence-electron chi connectivity index (χ0n) is 19.8. The first-order valence-corrected chi connectivity index (χ1v) is 11.7. The average molecular weight is 459 g/mol. The number of hydrogen-bond donors (Lipinski definition) is 1. The zero-order valence-corrected chi connectivity index (χ0v) is 20.5. The number of halogens is 1. The summed E-state index contributed by atoms with van der Waals surface area (Å²) in [6, 6.07) is 13.1. The normalized spacial score (nSPS) is 12.7. The Hall–Kier alpha value is -2.53. The van der Waals surface area contributed by atoms with Gasteiger partial charge in [0.25, 0.3) is 5.91 Å². The molecule has 0 fully saturated rings. The van der Waals surface area contributed by atoms with E-state index >= 15 is 0 Å². The number of carbonyl (C=O) groups excluding carboxylic acids is 2. The highest BCUT2D eigenvalue weighted by Crippen LogP contribution is 2.26. The monoisotopic (exact) mass is 458 g/mol. The van der Waals surface area contributed by atoms with Crippen molar-refractivity contribution in [3.8, 4) is 5.75 Å². The summed E-state index contributed by atoms with van der Waals surface area (Å²) in [6.07, 6.45) is 2.03. The van der Waals surface area contributed by atoms with Crippen LogP contribution < -0.4 is 10.1 Å². The van der Waals surface area contributed by atoms with E-state index in [1.165, 1.54) is 0 Å². The molecule has 0 radical (unpaired) electrons. The molecule has 6 heteroatoms. The fraction of sp³-hybridized carbons (Fsp3) is 0.462. The summed E-state index contributed by atoms with van der Waals surface area (Å²) in [4.78, 5) is 27.8. The highest BCUT2D eigenvalue weighted by Gasteiger charge is 2.29. The predicted octanol–water partition coefficient (Wildman–Crippen LogP) is 5.10. The number of nitrogens with zero attached hydrogens (tertiary/aromatic N) is 1. The van der Waals surface area contributed by atoms with E-state index in [4.69, 9.17) is 16.3 Å². The van der Waals surface area contributed by atoms with Crippen molar-refractivity contribution in [2.45, 2.75) is 66.0 Å². The summed E-state index contributed by atoms with van der Waals surface area (Å²) in [6.45, 7) is 10.0. The largest absolute Gasteiger partial charge is 0.484 e. The Labute approximate surface area is 197 Å². The van der Waals surface area contributed by atoms with Crippen LogP contribution in [0, 0.1) is 13.8 Å². The van der Waals surface area contributed by atoms with Crippen molar-refractivity contribution in [2.24, 2.45) is 0 Å².